The molecule has 0 radical (unpaired) electrons. The summed E-state index contributed by atoms with van der Waals surface area (Å²) in [6.07, 6.45) is -2.69. The largest absolute Gasteiger partial charge is 0.416 e. The van der Waals surface area contributed by atoms with Crippen molar-refractivity contribution < 1.29 is 18.0 Å². The maximum Gasteiger partial charge on any atom is 0.416 e. The van der Waals surface area contributed by atoms with Crippen molar-refractivity contribution in [1.82, 2.24) is 4.90 Å². The van der Waals surface area contributed by atoms with Crippen LogP contribution in [0.15, 0.2) is 22.7 Å². The number of amides is 1. The molecule has 1 aliphatic heterocycles. The van der Waals surface area contributed by atoms with E-state index in [1.807, 2.05) is 6.92 Å². The molecule has 2 atom stereocenters. The second kappa shape index (κ2) is 5.99. The summed E-state index contributed by atoms with van der Waals surface area (Å²) < 4.78 is 38.8. The van der Waals surface area contributed by atoms with Crippen molar-refractivity contribution in [2.45, 2.75) is 38.9 Å². The lowest BCUT2D eigenvalue weighted by Gasteiger charge is -2.36. The normalized spacial score (nSPS) is 23.2. The van der Waals surface area contributed by atoms with Gasteiger partial charge in [0.1, 0.15) is 0 Å². The number of hydrogen-bond acceptors (Lipinski definition) is 1. The number of carbonyl (C=O) groups excluding carboxylic acids is 1. The van der Waals surface area contributed by atoms with Crippen molar-refractivity contribution in [1.29, 1.82) is 0 Å². The Kier molecular flexibility index (Phi) is 4.66. The SMILES string of the molecule is CC1CCN(C(=O)c2cc(C(F)(F)F)ccc2Br)C(C)C1. The molecule has 1 saturated heterocycles. The van der Waals surface area contributed by atoms with E-state index in [0.29, 0.717) is 16.9 Å². The van der Waals surface area contributed by atoms with Crippen LogP contribution in [-0.2, 0) is 6.18 Å². The van der Waals surface area contributed by atoms with E-state index < -0.39 is 11.7 Å². The topological polar surface area (TPSA) is 20.3 Å². The predicted octanol–water partition coefficient (Wildman–Crippen LogP) is 4.73. The van der Waals surface area contributed by atoms with Crippen LogP contribution in [0.3, 0.4) is 0 Å². The van der Waals surface area contributed by atoms with Crippen LogP contribution >= 0.6 is 15.9 Å². The Balaban J connectivity index is 2.30. The third kappa shape index (κ3) is 3.59. The third-order valence-corrected chi connectivity index (χ3v) is 4.61. The van der Waals surface area contributed by atoms with E-state index in [9.17, 15) is 18.0 Å². The second-order valence-electron chi connectivity index (χ2n) is 5.67. The van der Waals surface area contributed by atoms with E-state index in [0.717, 1.165) is 25.0 Å². The lowest BCUT2D eigenvalue weighted by molar-refractivity contribution is -0.137. The van der Waals surface area contributed by atoms with Gasteiger partial charge < -0.3 is 4.90 Å². The highest BCUT2D eigenvalue weighted by molar-refractivity contribution is 9.10. The molecule has 1 amide bonds. The molecule has 0 aliphatic carbocycles. The van der Waals surface area contributed by atoms with Gasteiger partial charge in [-0.25, -0.2) is 0 Å². The Hall–Kier alpha value is -1.04. The van der Waals surface area contributed by atoms with E-state index in [-0.39, 0.29) is 17.5 Å². The number of benzene rings is 1. The van der Waals surface area contributed by atoms with Crippen LogP contribution in [0.4, 0.5) is 13.2 Å². The molecular weight excluding hydrogens is 347 g/mol. The summed E-state index contributed by atoms with van der Waals surface area (Å²) in [5, 5.41) is 0. The van der Waals surface area contributed by atoms with Crippen molar-refractivity contribution >= 4 is 21.8 Å². The fourth-order valence-electron chi connectivity index (χ4n) is 2.73. The second-order valence-corrected chi connectivity index (χ2v) is 6.52. The van der Waals surface area contributed by atoms with Gasteiger partial charge >= 0.3 is 6.18 Å². The van der Waals surface area contributed by atoms with Crippen molar-refractivity contribution in [3.63, 3.8) is 0 Å². The Morgan fingerprint density at radius 2 is 2.00 bits per heavy atom. The van der Waals surface area contributed by atoms with Crippen molar-refractivity contribution in [3.05, 3.63) is 33.8 Å². The maximum atomic E-state index is 12.8. The molecule has 0 saturated carbocycles. The molecule has 1 aliphatic rings. The van der Waals surface area contributed by atoms with Gasteiger partial charge in [-0.1, -0.05) is 6.92 Å². The molecule has 2 nitrogen and oxygen atoms in total. The smallest absolute Gasteiger partial charge is 0.336 e. The van der Waals surface area contributed by atoms with Crippen LogP contribution < -0.4 is 0 Å². The highest BCUT2D eigenvalue weighted by Crippen LogP contribution is 2.33. The molecule has 1 aromatic carbocycles. The van der Waals surface area contributed by atoms with Gasteiger partial charge in [0.2, 0.25) is 0 Å². The van der Waals surface area contributed by atoms with E-state index in [2.05, 4.69) is 22.9 Å². The number of rotatable bonds is 1. The van der Waals surface area contributed by atoms with E-state index in [1.54, 1.807) is 4.90 Å². The number of piperidine rings is 1. The molecule has 1 aromatic rings. The minimum absolute atomic E-state index is 0.0442. The Bertz CT molecular complexity index is 544. The first-order valence-electron chi connectivity index (χ1n) is 6.88. The zero-order chi connectivity index (χ0) is 15.8. The van der Waals surface area contributed by atoms with Crippen molar-refractivity contribution in [2.24, 2.45) is 5.92 Å². The molecule has 2 unspecified atom stereocenters. The van der Waals surface area contributed by atoms with Crippen LogP contribution in [0, 0.1) is 5.92 Å². The molecule has 2 rings (SSSR count). The van der Waals surface area contributed by atoms with Crippen LogP contribution in [0.2, 0.25) is 0 Å². The fourth-order valence-corrected chi connectivity index (χ4v) is 3.15. The van der Waals surface area contributed by atoms with Gasteiger partial charge in [-0.3, -0.25) is 4.79 Å². The molecule has 0 bridgehead atoms. The first-order chi connectivity index (χ1) is 9.70. The summed E-state index contributed by atoms with van der Waals surface area (Å²) in [4.78, 5) is 14.2. The van der Waals surface area contributed by atoms with Crippen molar-refractivity contribution in [2.75, 3.05) is 6.54 Å². The highest BCUT2D eigenvalue weighted by Gasteiger charge is 2.33. The van der Waals surface area contributed by atoms with Crippen LogP contribution in [-0.4, -0.2) is 23.4 Å². The summed E-state index contributed by atoms with van der Waals surface area (Å²) in [6.45, 7) is 4.65. The summed E-state index contributed by atoms with van der Waals surface area (Å²) in [5.74, 6) is 0.196. The fraction of sp³-hybridized carbons (Fsp3) is 0.533. The highest BCUT2D eigenvalue weighted by atomic mass is 79.9. The predicted molar refractivity (Wildman–Crippen MR) is 78.0 cm³/mol. The summed E-state index contributed by atoms with van der Waals surface area (Å²) in [5.41, 5.74) is -0.724. The number of halogens is 4. The maximum absolute atomic E-state index is 12.8. The van der Waals surface area contributed by atoms with Gasteiger partial charge in [0, 0.05) is 17.1 Å². The zero-order valence-electron chi connectivity index (χ0n) is 11.9. The van der Waals surface area contributed by atoms with Crippen LogP contribution in [0.5, 0.6) is 0 Å². The summed E-state index contributed by atoms with van der Waals surface area (Å²) in [6, 6.07) is 3.23. The first-order valence-corrected chi connectivity index (χ1v) is 7.67. The average Bonchev–Trinajstić information content (AvgIpc) is 2.37. The van der Waals surface area contributed by atoms with E-state index >= 15 is 0 Å². The van der Waals surface area contributed by atoms with Gasteiger partial charge in [0.25, 0.3) is 5.91 Å². The monoisotopic (exact) mass is 363 g/mol. The minimum atomic E-state index is -4.45. The molecule has 0 N–H and O–H groups in total. The number of likely N-dealkylation sites (tertiary alicyclic amines) is 1. The van der Waals surface area contributed by atoms with Crippen molar-refractivity contribution in [3.8, 4) is 0 Å². The Labute approximate surface area is 130 Å². The van der Waals surface area contributed by atoms with E-state index in [1.165, 1.54) is 6.07 Å². The van der Waals surface area contributed by atoms with E-state index in [4.69, 9.17) is 0 Å². The average molecular weight is 364 g/mol. The van der Waals surface area contributed by atoms with Gasteiger partial charge in [0.15, 0.2) is 0 Å². The Morgan fingerprint density at radius 1 is 1.33 bits per heavy atom. The number of hydrogen-bond donors (Lipinski definition) is 0. The molecule has 0 spiro atoms. The molecule has 1 heterocycles. The lowest BCUT2D eigenvalue weighted by Crippen LogP contribution is -2.44. The number of carbonyl (C=O) groups is 1. The quantitative estimate of drug-likeness (QED) is 0.706. The number of alkyl halides is 3. The molecule has 1 fully saturated rings. The molecular formula is C15H17BrF3NO. The minimum Gasteiger partial charge on any atom is -0.336 e. The standard InChI is InChI=1S/C15H17BrF3NO/c1-9-5-6-20(10(2)7-9)14(21)12-8-11(15(17,18)19)3-4-13(12)16/h3-4,8-10H,5-7H2,1-2H3. The van der Waals surface area contributed by atoms with Crippen LogP contribution in [0.25, 0.3) is 0 Å². The van der Waals surface area contributed by atoms with Gasteiger partial charge in [0.05, 0.1) is 11.1 Å². The van der Waals surface area contributed by atoms with Gasteiger partial charge in [-0.15, -0.1) is 0 Å². The van der Waals surface area contributed by atoms with Gasteiger partial charge in [-0.2, -0.15) is 13.2 Å². The van der Waals surface area contributed by atoms with Gasteiger partial charge in [-0.05, 0) is 59.8 Å². The summed E-state index contributed by atoms with van der Waals surface area (Å²) in [7, 11) is 0. The Morgan fingerprint density at radius 3 is 2.57 bits per heavy atom. The molecule has 116 valence electrons. The van der Waals surface area contributed by atoms with Crippen LogP contribution in [0.1, 0.15) is 42.6 Å². The summed E-state index contributed by atoms with van der Waals surface area (Å²) >= 11 is 3.18. The zero-order valence-corrected chi connectivity index (χ0v) is 13.5. The third-order valence-electron chi connectivity index (χ3n) is 3.92. The number of nitrogens with zero attached hydrogens (tertiary/aromatic N) is 1. The molecule has 0 aromatic heterocycles. The molecule has 21 heavy (non-hydrogen) atoms. The first kappa shape index (κ1) is 16.3. The lowest BCUT2D eigenvalue weighted by atomic mass is 9.92. The molecule has 6 heteroatoms.